The quantitative estimate of drug-likeness (QED) is 0.875. The summed E-state index contributed by atoms with van der Waals surface area (Å²) in [7, 11) is 0. The smallest absolute Gasteiger partial charge is 0.305 e. The van der Waals surface area contributed by atoms with E-state index in [9.17, 15) is 4.79 Å². The molecule has 0 heterocycles. The Kier molecular flexibility index (Phi) is 4.80. The molecule has 0 unspecified atom stereocenters. The fraction of sp³-hybridized carbons (Fsp3) is 0.333. The summed E-state index contributed by atoms with van der Waals surface area (Å²) in [4.78, 5) is 12.4. The Morgan fingerprint density at radius 3 is 2.76 bits per heavy atom. The van der Waals surface area contributed by atoms with Gasteiger partial charge in [-0.3, -0.25) is 4.79 Å². The van der Waals surface area contributed by atoms with Crippen molar-refractivity contribution in [2.24, 2.45) is 0 Å². The fourth-order valence-electron chi connectivity index (χ4n) is 1.49. The number of nitrogens with zero attached hydrogens (tertiary/aromatic N) is 2. The van der Waals surface area contributed by atoms with Crippen molar-refractivity contribution in [1.29, 1.82) is 5.26 Å². The van der Waals surface area contributed by atoms with Crippen LogP contribution in [0.5, 0.6) is 0 Å². The molecule has 0 aliphatic rings. The van der Waals surface area contributed by atoms with E-state index in [1.165, 1.54) is 0 Å². The molecule has 1 aromatic rings. The van der Waals surface area contributed by atoms with Crippen molar-refractivity contribution in [2.45, 2.75) is 13.3 Å². The number of halogens is 1. The SMILES string of the molecule is CCN(CCC(=O)O)c1ccc(C#N)c(Cl)c1. The molecule has 0 spiro atoms. The number of hydrogen-bond acceptors (Lipinski definition) is 3. The van der Waals surface area contributed by atoms with Gasteiger partial charge in [0.15, 0.2) is 0 Å². The van der Waals surface area contributed by atoms with Gasteiger partial charge in [0.25, 0.3) is 0 Å². The number of carboxylic acids is 1. The molecular weight excluding hydrogens is 240 g/mol. The second-order valence-corrected chi connectivity index (χ2v) is 3.91. The molecule has 5 heteroatoms. The topological polar surface area (TPSA) is 64.3 Å². The van der Waals surface area contributed by atoms with Gasteiger partial charge in [0, 0.05) is 18.8 Å². The zero-order valence-corrected chi connectivity index (χ0v) is 10.2. The number of anilines is 1. The number of hydrogen-bond donors (Lipinski definition) is 1. The minimum atomic E-state index is -0.830. The van der Waals surface area contributed by atoms with Crippen LogP contribution in [0.1, 0.15) is 18.9 Å². The van der Waals surface area contributed by atoms with Gasteiger partial charge in [0.05, 0.1) is 17.0 Å². The highest BCUT2D eigenvalue weighted by molar-refractivity contribution is 6.32. The molecule has 0 fully saturated rings. The molecule has 0 bridgehead atoms. The molecule has 0 saturated carbocycles. The highest BCUT2D eigenvalue weighted by Gasteiger charge is 2.09. The molecule has 0 radical (unpaired) electrons. The lowest BCUT2D eigenvalue weighted by atomic mass is 10.2. The van der Waals surface area contributed by atoms with Crippen LogP contribution < -0.4 is 4.90 Å². The van der Waals surface area contributed by atoms with Gasteiger partial charge in [-0.15, -0.1) is 0 Å². The van der Waals surface area contributed by atoms with Crippen molar-refractivity contribution in [1.82, 2.24) is 0 Å². The Morgan fingerprint density at radius 1 is 1.59 bits per heavy atom. The first-order valence-corrected chi connectivity index (χ1v) is 5.62. The van der Waals surface area contributed by atoms with Crippen molar-refractivity contribution in [3.63, 3.8) is 0 Å². The van der Waals surface area contributed by atoms with Crippen molar-refractivity contribution >= 4 is 23.3 Å². The van der Waals surface area contributed by atoms with Gasteiger partial charge in [0.1, 0.15) is 6.07 Å². The molecular formula is C12H13ClN2O2. The zero-order chi connectivity index (χ0) is 12.8. The van der Waals surface area contributed by atoms with Crippen LogP contribution in [0.4, 0.5) is 5.69 Å². The summed E-state index contributed by atoms with van der Waals surface area (Å²) in [5.41, 5.74) is 1.25. The number of carbonyl (C=O) groups is 1. The van der Waals surface area contributed by atoms with Crippen LogP contribution in [-0.2, 0) is 4.79 Å². The third-order valence-electron chi connectivity index (χ3n) is 2.42. The first kappa shape index (κ1) is 13.3. The highest BCUT2D eigenvalue weighted by Crippen LogP contribution is 2.23. The summed E-state index contributed by atoms with van der Waals surface area (Å²) >= 11 is 5.93. The number of rotatable bonds is 5. The Hall–Kier alpha value is -1.73. The first-order chi connectivity index (χ1) is 8.08. The van der Waals surface area contributed by atoms with Crippen molar-refractivity contribution in [3.8, 4) is 6.07 Å². The van der Waals surface area contributed by atoms with E-state index in [1.807, 2.05) is 17.9 Å². The minimum Gasteiger partial charge on any atom is -0.481 e. The lowest BCUT2D eigenvalue weighted by Crippen LogP contribution is -2.25. The van der Waals surface area contributed by atoms with E-state index >= 15 is 0 Å². The molecule has 1 aromatic carbocycles. The maximum absolute atomic E-state index is 10.5. The monoisotopic (exact) mass is 252 g/mol. The van der Waals surface area contributed by atoms with Crippen LogP contribution in [0, 0.1) is 11.3 Å². The summed E-state index contributed by atoms with van der Waals surface area (Å²) in [6.45, 7) is 3.05. The Labute approximate surface area is 105 Å². The normalized spacial score (nSPS) is 9.71. The number of carboxylic acid groups (broad SMARTS) is 1. The van der Waals surface area contributed by atoms with Crippen LogP contribution >= 0.6 is 11.6 Å². The molecule has 0 saturated heterocycles. The number of nitriles is 1. The molecule has 4 nitrogen and oxygen atoms in total. The third kappa shape index (κ3) is 3.65. The molecule has 0 atom stereocenters. The summed E-state index contributed by atoms with van der Waals surface area (Å²) < 4.78 is 0. The molecule has 0 aliphatic carbocycles. The van der Waals surface area contributed by atoms with Crippen LogP contribution in [0.2, 0.25) is 5.02 Å². The summed E-state index contributed by atoms with van der Waals surface area (Å²) in [6.07, 6.45) is 0.0749. The van der Waals surface area contributed by atoms with Gasteiger partial charge in [-0.1, -0.05) is 11.6 Å². The van der Waals surface area contributed by atoms with E-state index in [2.05, 4.69) is 0 Å². The molecule has 1 rings (SSSR count). The summed E-state index contributed by atoms with van der Waals surface area (Å²) in [5, 5.41) is 17.8. The second-order valence-electron chi connectivity index (χ2n) is 3.50. The molecule has 90 valence electrons. The predicted molar refractivity (Wildman–Crippen MR) is 66.3 cm³/mol. The lowest BCUT2D eigenvalue weighted by Gasteiger charge is -2.22. The largest absolute Gasteiger partial charge is 0.481 e. The fourth-order valence-corrected chi connectivity index (χ4v) is 1.71. The van der Waals surface area contributed by atoms with E-state index in [4.69, 9.17) is 22.0 Å². The van der Waals surface area contributed by atoms with Crippen LogP contribution in [0.25, 0.3) is 0 Å². The zero-order valence-electron chi connectivity index (χ0n) is 9.48. The number of benzene rings is 1. The standard InChI is InChI=1S/C12H13ClN2O2/c1-2-15(6-5-12(16)17)10-4-3-9(8-14)11(13)7-10/h3-4,7H,2,5-6H2,1H3,(H,16,17). The molecule has 0 amide bonds. The summed E-state index contributed by atoms with van der Waals surface area (Å²) in [6, 6.07) is 7.08. The Balaban J connectivity index is 2.86. The average molecular weight is 253 g/mol. The minimum absolute atomic E-state index is 0.0749. The third-order valence-corrected chi connectivity index (χ3v) is 2.73. The van der Waals surface area contributed by atoms with E-state index in [1.54, 1.807) is 18.2 Å². The van der Waals surface area contributed by atoms with E-state index in [0.29, 0.717) is 23.7 Å². The van der Waals surface area contributed by atoms with Gasteiger partial charge in [-0.05, 0) is 25.1 Å². The molecule has 17 heavy (non-hydrogen) atoms. The molecule has 1 N–H and O–H groups in total. The van der Waals surface area contributed by atoms with Crippen LogP contribution in [0.3, 0.4) is 0 Å². The maximum atomic E-state index is 10.5. The van der Waals surface area contributed by atoms with E-state index in [0.717, 1.165) is 5.69 Å². The first-order valence-electron chi connectivity index (χ1n) is 5.25. The van der Waals surface area contributed by atoms with Crippen LogP contribution in [-0.4, -0.2) is 24.2 Å². The maximum Gasteiger partial charge on any atom is 0.305 e. The van der Waals surface area contributed by atoms with Gasteiger partial charge in [-0.2, -0.15) is 5.26 Å². The molecule has 0 aromatic heterocycles. The predicted octanol–water partition coefficient (Wildman–Crippen LogP) is 2.51. The van der Waals surface area contributed by atoms with E-state index < -0.39 is 5.97 Å². The van der Waals surface area contributed by atoms with Gasteiger partial charge in [0.2, 0.25) is 0 Å². The average Bonchev–Trinajstić information content (AvgIpc) is 2.29. The van der Waals surface area contributed by atoms with E-state index in [-0.39, 0.29) is 6.42 Å². The van der Waals surface area contributed by atoms with Gasteiger partial charge < -0.3 is 10.0 Å². The second kappa shape index (κ2) is 6.12. The summed E-state index contributed by atoms with van der Waals surface area (Å²) in [5.74, 6) is -0.830. The Bertz CT molecular complexity index is 454. The lowest BCUT2D eigenvalue weighted by molar-refractivity contribution is -0.136. The van der Waals surface area contributed by atoms with Crippen molar-refractivity contribution in [2.75, 3.05) is 18.0 Å². The number of aliphatic carboxylic acids is 1. The Morgan fingerprint density at radius 2 is 2.29 bits per heavy atom. The van der Waals surface area contributed by atoms with Crippen molar-refractivity contribution < 1.29 is 9.90 Å². The van der Waals surface area contributed by atoms with Gasteiger partial charge in [-0.25, -0.2) is 0 Å². The van der Waals surface area contributed by atoms with Crippen molar-refractivity contribution in [3.05, 3.63) is 28.8 Å². The van der Waals surface area contributed by atoms with Crippen LogP contribution in [0.15, 0.2) is 18.2 Å². The molecule has 0 aliphatic heterocycles. The highest BCUT2D eigenvalue weighted by atomic mass is 35.5. The van der Waals surface area contributed by atoms with Gasteiger partial charge >= 0.3 is 5.97 Å².